The second kappa shape index (κ2) is 13.5. The first-order chi connectivity index (χ1) is 25.7. The van der Waals surface area contributed by atoms with Gasteiger partial charge in [0.2, 0.25) is 11.8 Å². The highest BCUT2D eigenvalue weighted by atomic mass is 19.1. The summed E-state index contributed by atoms with van der Waals surface area (Å²) in [4.78, 5) is 48.9. The molecule has 4 fully saturated rings. The van der Waals surface area contributed by atoms with Crippen molar-refractivity contribution in [1.82, 2.24) is 30.2 Å². The summed E-state index contributed by atoms with van der Waals surface area (Å²) in [6.45, 7) is 9.88. The summed E-state index contributed by atoms with van der Waals surface area (Å²) >= 11 is 0. The number of benzene rings is 2. The molecule has 4 atom stereocenters. The average Bonchev–Trinajstić information content (AvgIpc) is 3.88. The minimum atomic E-state index is -1.03. The van der Waals surface area contributed by atoms with Crippen molar-refractivity contribution in [1.29, 1.82) is 0 Å². The summed E-state index contributed by atoms with van der Waals surface area (Å²) in [6, 6.07) is 9.18. The van der Waals surface area contributed by atoms with E-state index in [0.717, 1.165) is 94.9 Å². The SMILES string of the molecule is O=C1CCC(N2Cc3ccc(N4CC[C@@H](CN5CC[C@@H](CN6CCN7c8cc(-c9cc(F)cc(F)c9O)nnc8NC[C@H]7C6)C5)C4)cc3C2=O)C(=O)N1. The largest absolute Gasteiger partial charge is 0.504 e. The highest BCUT2D eigenvalue weighted by Gasteiger charge is 2.40. The minimum Gasteiger partial charge on any atom is -0.504 e. The number of aromatic nitrogens is 2. The summed E-state index contributed by atoms with van der Waals surface area (Å²) in [5.41, 5.74) is 3.67. The Labute approximate surface area is 305 Å². The Kier molecular flexibility index (Phi) is 8.64. The van der Waals surface area contributed by atoms with Crippen LogP contribution in [0, 0.1) is 23.5 Å². The van der Waals surface area contributed by atoms with E-state index in [1.807, 2.05) is 12.1 Å². The van der Waals surface area contributed by atoms with E-state index in [9.17, 15) is 28.3 Å². The maximum Gasteiger partial charge on any atom is 0.255 e. The number of hydrogen-bond donors (Lipinski definition) is 3. The van der Waals surface area contributed by atoms with Crippen molar-refractivity contribution in [3.63, 3.8) is 0 Å². The van der Waals surface area contributed by atoms with Gasteiger partial charge in [-0.1, -0.05) is 6.07 Å². The number of halogens is 2. The van der Waals surface area contributed by atoms with Crippen LogP contribution in [-0.4, -0.2) is 125 Å². The molecule has 4 saturated heterocycles. The molecule has 0 bridgehead atoms. The number of aromatic hydroxyl groups is 1. The van der Waals surface area contributed by atoms with Crippen LogP contribution in [0.1, 0.15) is 41.6 Å². The molecule has 15 heteroatoms. The van der Waals surface area contributed by atoms with Crippen LogP contribution in [0.3, 0.4) is 0 Å². The number of hydrogen-bond acceptors (Lipinski definition) is 11. The van der Waals surface area contributed by atoms with Crippen LogP contribution >= 0.6 is 0 Å². The number of fused-ring (bicyclic) bond motifs is 4. The Balaban J connectivity index is 0.766. The van der Waals surface area contributed by atoms with E-state index < -0.39 is 23.4 Å². The van der Waals surface area contributed by atoms with Crippen molar-refractivity contribution in [2.75, 3.05) is 80.6 Å². The Morgan fingerprint density at radius 2 is 1.64 bits per heavy atom. The Hall–Kier alpha value is -4.89. The van der Waals surface area contributed by atoms with Gasteiger partial charge in [0, 0.05) is 94.7 Å². The Morgan fingerprint density at radius 1 is 0.830 bits per heavy atom. The number of anilines is 3. The van der Waals surface area contributed by atoms with Gasteiger partial charge in [0.25, 0.3) is 5.91 Å². The number of nitrogens with one attached hydrogen (secondary N) is 2. The predicted octanol–water partition coefficient (Wildman–Crippen LogP) is 2.65. The van der Waals surface area contributed by atoms with Crippen molar-refractivity contribution in [2.24, 2.45) is 11.8 Å². The first-order valence-corrected chi connectivity index (χ1v) is 18.7. The maximum absolute atomic E-state index is 14.1. The monoisotopic (exact) mass is 727 g/mol. The molecule has 278 valence electrons. The zero-order valence-corrected chi connectivity index (χ0v) is 29.4. The molecule has 1 aromatic heterocycles. The van der Waals surface area contributed by atoms with Crippen LogP contribution in [0.15, 0.2) is 36.4 Å². The molecule has 6 aliphatic heterocycles. The molecule has 3 aromatic rings. The van der Waals surface area contributed by atoms with Crippen LogP contribution < -0.4 is 20.4 Å². The summed E-state index contributed by atoms with van der Waals surface area (Å²) < 4.78 is 28.0. The number of nitrogens with zero attached hydrogens (tertiary/aromatic N) is 7. The minimum absolute atomic E-state index is 0.0190. The number of carbonyl (C=O) groups is 3. The van der Waals surface area contributed by atoms with Gasteiger partial charge in [0.1, 0.15) is 11.9 Å². The van der Waals surface area contributed by atoms with Gasteiger partial charge in [0.05, 0.1) is 17.4 Å². The van der Waals surface area contributed by atoms with Gasteiger partial charge in [-0.05, 0) is 67.5 Å². The quantitative estimate of drug-likeness (QED) is 0.310. The molecule has 7 heterocycles. The number of piperazine rings is 1. The van der Waals surface area contributed by atoms with E-state index >= 15 is 0 Å². The Morgan fingerprint density at radius 3 is 2.49 bits per heavy atom. The molecule has 0 aliphatic carbocycles. The molecule has 3 N–H and O–H groups in total. The van der Waals surface area contributed by atoms with Crippen LogP contribution in [-0.2, 0) is 16.1 Å². The van der Waals surface area contributed by atoms with E-state index in [2.05, 4.69) is 46.5 Å². The first kappa shape index (κ1) is 33.9. The van der Waals surface area contributed by atoms with Crippen LogP contribution in [0.25, 0.3) is 11.3 Å². The summed E-state index contributed by atoms with van der Waals surface area (Å²) in [5.74, 6) is -1.48. The van der Waals surface area contributed by atoms with Gasteiger partial charge >= 0.3 is 0 Å². The third-order valence-corrected chi connectivity index (χ3v) is 12.0. The number of amides is 3. The number of rotatable bonds is 7. The summed E-state index contributed by atoms with van der Waals surface area (Å²) in [5, 5.41) is 24.4. The molecule has 2 aromatic carbocycles. The predicted molar refractivity (Wildman–Crippen MR) is 192 cm³/mol. The molecule has 3 amide bonds. The van der Waals surface area contributed by atoms with Crippen LogP contribution in [0.4, 0.5) is 26.0 Å². The zero-order valence-electron chi connectivity index (χ0n) is 29.4. The molecule has 0 spiro atoms. The summed E-state index contributed by atoms with van der Waals surface area (Å²) in [7, 11) is 0. The second-order valence-electron chi connectivity index (χ2n) is 15.5. The lowest BCUT2D eigenvalue weighted by atomic mass is 10.0. The van der Waals surface area contributed by atoms with E-state index in [1.54, 1.807) is 11.0 Å². The van der Waals surface area contributed by atoms with Gasteiger partial charge < -0.3 is 30.0 Å². The standard InChI is InChI=1S/C38H43F2N9O4/c39-25-11-29(35(51)30(40)12-25)31-14-33-36(44-43-31)41-15-27-21-46(9-10-48(27)33)17-22-5-7-45(16-22)18-23-6-8-47(19-23)26-2-1-24-20-49(38(53)28(24)13-26)32-3-4-34(50)42-37(32)52/h1-2,11-14,22-23,27,32,51H,3-10,15-21H2,(H,41,44)(H,42,50,52)/t22-,23+,27+,32?/m1/s1. The van der Waals surface area contributed by atoms with E-state index in [4.69, 9.17) is 0 Å². The van der Waals surface area contributed by atoms with Crippen molar-refractivity contribution in [3.05, 3.63) is 59.2 Å². The molecule has 0 radical (unpaired) electrons. The first-order valence-electron chi connectivity index (χ1n) is 18.7. The van der Waals surface area contributed by atoms with Gasteiger partial charge in [-0.15, -0.1) is 10.2 Å². The highest BCUT2D eigenvalue weighted by Crippen LogP contribution is 2.38. The smallest absolute Gasteiger partial charge is 0.255 e. The van der Waals surface area contributed by atoms with E-state index in [0.29, 0.717) is 42.2 Å². The molecule has 13 nitrogen and oxygen atoms in total. The number of phenols is 1. The summed E-state index contributed by atoms with van der Waals surface area (Å²) in [6.07, 6.45) is 2.89. The van der Waals surface area contributed by atoms with Crippen LogP contribution in [0.5, 0.6) is 5.75 Å². The second-order valence-corrected chi connectivity index (χ2v) is 15.5. The number of imide groups is 1. The van der Waals surface area contributed by atoms with Gasteiger partial charge in [-0.3, -0.25) is 24.6 Å². The van der Waals surface area contributed by atoms with Gasteiger partial charge in [0.15, 0.2) is 17.4 Å². The van der Waals surface area contributed by atoms with E-state index in [1.165, 1.54) is 6.42 Å². The number of phenolic OH excluding ortho intramolecular Hbond substituents is 1. The van der Waals surface area contributed by atoms with Gasteiger partial charge in [-0.25, -0.2) is 8.78 Å². The maximum atomic E-state index is 14.1. The van der Waals surface area contributed by atoms with Crippen molar-refractivity contribution < 1.29 is 28.3 Å². The van der Waals surface area contributed by atoms with Crippen molar-refractivity contribution in [3.8, 4) is 17.0 Å². The normalized spacial score (nSPS) is 26.1. The molecule has 53 heavy (non-hydrogen) atoms. The number of piperidine rings is 1. The van der Waals surface area contributed by atoms with Crippen molar-refractivity contribution in [2.45, 2.75) is 44.3 Å². The van der Waals surface area contributed by atoms with Crippen molar-refractivity contribution >= 4 is 34.9 Å². The fourth-order valence-electron chi connectivity index (χ4n) is 9.32. The third kappa shape index (κ3) is 6.43. The van der Waals surface area contributed by atoms with E-state index in [-0.39, 0.29) is 41.4 Å². The molecule has 1 unspecified atom stereocenters. The molecule has 9 rings (SSSR count). The molecular weight excluding hydrogens is 684 g/mol. The molecule has 0 saturated carbocycles. The number of likely N-dealkylation sites (tertiary alicyclic amines) is 1. The fraction of sp³-hybridized carbons (Fsp3) is 0.500. The van der Waals surface area contributed by atoms with Gasteiger partial charge in [-0.2, -0.15) is 0 Å². The lowest BCUT2D eigenvalue weighted by Gasteiger charge is -2.46. The lowest BCUT2D eigenvalue weighted by Crippen LogP contribution is -2.58. The highest BCUT2D eigenvalue weighted by molar-refractivity contribution is 6.05. The number of carbonyl (C=O) groups excluding carboxylic acids is 3. The lowest BCUT2D eigenvalue weighted by molar-refractivity contribution is -0.136. The average molecular weight is 728 g/mol. The van der Waals surface area contributed by atoms with Crippen LogP contribution in [0.2, 0.25) is 0 Å². The molecule has 6 aliphatic rings. The Bertz CT molecular complexity index is 1980. The third-order valence-electron chi connectivity index (χ3n) is 12.0. The zero-order chi connectivity index (χ0) is 36.4. The topological polar surface area (TPSA) is 137 Å². The molecular formula is C38H43F2N9O4. The fourth-order valence-corrected chi connectivity index (χ4v) is 9.32.